The van der Waals surface area contributed by atoms with Gasteiger partial charge in [-0.1, -0.05) is 54.1 Å². The van der Waals surface area contributed by atoms with Crippen molar-refractivity contribution in [1.29, 1.82) is 0 Å². The molecule has 208 valence electrons. The van der Waals surface area contributed by atoms with Crippen LogP contribution >= 0.6 is 11.8 Å². The minimum Gasteiger partial charge on any atom is -0.496 e. The molecule has 0 radical (unpaired) electrons. The molecule has 1 aromatic heterocycles. The number of amides is 1. The first-order chi connectivity index (χ1) is 20.5. The number of aromatic nitrogens is 2. The number of anilines is 1. The minimum absolute atomic E-state index is 0.162. The Morgan fingerprint density at radius 1 is 0.857 bits per heavy atom. The molecule has 7 heteroatoms. The maximum absolute atomic E-state index is 13.9. The van der Waals surface area contributed by atoms with Crippen molar-refractivity contribution in [3.05, 3.63) is 132 Å². The normalized spacial score (nSPS) is 14.0. The Bertz CT molecular complexity index is 1790. The van der Waals surface area contributed by atoms with Gasteiger partial charge in [0.2, 0.25) is 0 Å². The van der Waals surface area contributed by atoms with E-state index in [9.17, 15) is 4.79 Å². The minimum atomic E-state index is -0.162. The van der Waals surface area contributed by atoms with Crippen molar-refractivity contribution in [3.8, 4) is 22.7 Å². The van der Waals surface area contributed by atoms with E-state index in [0.29, 0.717) is 11.3 Å². The fourth-order valence-electron chi connectivity index (χ4n) is 4.85. The molecule has 5 aromatic rings. The molecule has 0 aliphatic carbocycles. The molecule has 0 fully saturated rings. The first-order valence-electron chi connectivity index (χ1n) is 13.7. The average molecular weight is 571 g/mol. The lowest BCUT2D eigenvalue weighted by Crippen LogP contribution is -2.21. The molecule has 0 spiro atoms. The van der Waals surface area contributed by atoms with Crippen LogP contribution in [0.3, 0.4) is 0 Å². The van der Waals surface area contributed by atoms with Gasteiger partial charge in [0, 0.05) is 28.0 Å². The van der Waals surface area contributed by atoms with Crippen molar-refractivity contribution in [1.82, 2.24) is 9.78 Å². The van der Waals surface area contributed by atoms with Crippen LogP contribution in [0.4, 0.5) is 5.69 Å². The second-order valence-electron chi connectivity index (χ2n) is 10.1. The van der Waals surface area contributed by atoms with Crippen molar-refractivity contribution < 1.29 is 9.53 Å². The lowest BCUT2D eigenvalue weighted by atomic mass is 10.0. The molecule has 0 atom stereocenters. The molecule has 1 aliphatic heterocycles. The van der Waals surface area contributed by atoms with Crippen LogP contribution in [0.1, 0.15) is 16.7 Å². The Balaban J connectivity index is 1.44. The predicted molar refractivity (Wildman–Crippen MR) is 172 cm³/mol. The lowest BCUT2D eigenvalue weighted by molar-refractivity contribution is -0.114. The Morgan fingerprint density at radius 3 is 2.21 bits per heavy atom. The van der Waals surface area contributed by atoms with Gasteiger partial charge in [0.05, 0.1) is 35.5 Å². The zero-order valence-electron chi connectivity index (χ0n) is 23.7. The Labute approximate surface area is 250 Å². The summed E-state index contributed by atoms with van der Waals surface area (Å²) in [6.07, 6.45) is 3.90. The second-order valence-corrected chi connectivity index (χ2v) is 11.1. The third-order valence-electron chi connectivity index (χ3n) is 7.08. The van der Waals surface area contributed by atoms with Crippen LogP contribution in [0.5, 0.6) is 5.75 Å². The predicted octanol–water partition coefficient (Wildman–Crippen LogP) is 7.74. The lowest BCUT2D eigenvalue weighted by Gasteiger charge is -2.11. The molecule has 4 aromatic carbocycles. The zero-order chi connectivity index (χ0) is 29.1. The fraction of sp³-hybridized carbons (Fsp3) is 0.114. The number of carbonyl (C=O) groups excluding carboxylic acids is 1. The molecule has 42 heavy (non-hydrogen) atoms. The molecule has 2 heterocycles. The van der Waals surface area contributed by atoms with Crippen molar-refractivity contribution in [2.24, 2.45) is 5.10 Å². The number of hydrazone groups is 1. The maximum atomic E-state index is 13.9. The quantitative estimate of drug-likeness (QED) is 0.141. The number of thioether (sulfide) groups is 1. The highest BCUT2D eigenvalue weighted by Gasteiger charge is 2.31. The van der Waals surface area contributed by atoms with Crippen LogP contribution in [0, 0.1) is 13.8 Å². The van der Waals surface area contributed by atoms with Gasteiger partial charge in [0.25, 0.3) is 5.91 Å². The van der Waals surface area contributed by atoms with Gasteiger partial charge in [0.15, 0.2) is 0 Å². The molecular formula is C35H30N4O2S. The number of nitrogens with zero attached hydrogens (tertiary/aromatic N) is 4. The maximum Gasteiger partial charge on any atom is 0.280 e. The molecular weight excluding hydrogens is 540 g/mol. The standard InChI is InChI=1S/C35H30N4O2S/c1-24-14-17-30(18-15-24)42-23-32-31(35(40)39(36-32)29-12-8-5-9-13-29)21-27-22-38(28-10-6-4-7-11-28)37-34(27)26-16-19-33(41-3)25(2)20-26/h4-22H,23H2,1-3H3/b31-21-. The van der Waals surface area contributed by atoms with E-state index in [1.165, 1.54) is 10.6 Å². The van der Waals surface area contributed by atoms with Gasteiger partial charge >= 0.3 is 0 Å². The molecule has 6 rings (SSSR count). The average Bonchev–Trinajstić information content (AvgIpc) is 3.59. The van der Waals surface area contributed by atoms with Crippen LogP contribution in [0.15, 0.2) is 125 Å². The van der Waals surface area contributed by atoms with E-state index in [1.54, 1.807) is 18.9 Å². The van der Waals surface area contributed by atoms with E-state index in [1.807, 2.05) is 96.7 Å². The third-order valence-corrected chi connectivity index (χ3v) is 8.11. The first kappa shape index (κ1) is 27.3. The van der Waals surface area contributed by atoms with E-state index in [-0.39, 0.29) is 5.91 Å². The molecule has 0 N–H and O–H groups in total. The third kappa shape index (κ3) is 5.64. The largest absolute Gasteiger partial charge is 0.496 e. The number of aryl methyl sites for hydroxylation is 2. The number of para-hydroxylation sites is 2. The number of rotatable bonds is 8. The monoisotopic (exact) mass is 570 g/mol. The summed E-state index contributed by atoms with van der Waals surface area (Å²) >= 11 is 1.66. The van der Waals surface area contributed by atoms with Crippen molar-refractivity contribution in [2.45, 2.75) is 18.7 Å². The number of ether oxygens (including phenoxy) is 1. The summed E-state index contributed by atoms with van der Waals surface area (Å²) in [5.74, 6) is 1.20. The summed E-state index contributed by atoms with van der Waals surface area (Å²) in [6, 6.07) is 33.9. The summed E-state index contributed by atoms with van der Waals surface area (Å²) in [5.41, 5.74) is 7.69. The van der Waals surface area contributed by atoms with E-state index >= 15 is 0 Å². The van der Waals surface area contributed by atoms with Crippen molar-refractivity contribution in [2.75, 3.05) is 17.9 Å². The van der Waals surface area contributed by atoms with Crippen LogP contribution in [-0.2, 0) is 4.79 Å². The summed E-state index contributed by atoms with van der Waals surface area (Å²) in [5, 5.41) is 11.3. The summed E-state index contributed by atoms with van der Waals surface area (Å²) in [7, 11) is 1.67. The van der Waals surface area contributed by atoms with Gasteiger partial charge in [-0.05, 0) is 80.1 Å². The zero-order valence-corrected chi connectivity index (χ0v) is 24.5. The highest BCUT2D eigenvalue weighted by Crippen LogP contribution is 2.33. The van der Waals surface area contributed by atoms with Gasteiger partial charge in [-0.25, -0.2) is 4.68 Å². The van der Waals surface area contributed by atoms with Gasteiger partial charge in [0.1, 0.15) is 5.75 Å². The Kier molecular flexibility index (Phi) is 7.75. The van der Waals surface area contributed by atoms with Crippen molar-refractivity contribution >= 4 is 35.1 Å². The molecule has 0 unspecified atom stereocenters. The molecule has 1 aliphatic rings. The topological polar surface area (TPSA) is 59.7 Å². The van der Waals surface area contributed by atoms with Crippen LogP contribution in [0.2, 0.25) is 0 Å². The summed E-state index contributed by atoms with van der Waals surface area (Å²) in [4.78, 5) is 15.1. The second kappa shape index (κ2) is 11.9. The van der Waals surface area contributed by atoms with Gasteiger partial charge in [-0.15, -0.1) is 11.8 Å². The molecule has 6 nitrogen and oxygen atoms in total. The molecule has 0 saturated heterocycles. The smallest absolute Gasteiger partial charge is 0.280 e. The van der Waals surface area contributed by atoms with E-state index in [0.717, 1.165) is 50.1 Å². The van der Waals surface area contributed by atoms with Gasteiger partial charge in [-0.2, -0.15) is 15.2 Å². The number of carbonyl (C=O) groups is 1. The number of methoxy groups -OCH3 is 1. The first-order valence-corrected chi connectivity index (χ1v) is 14.7. The summed E-state index contributed by atoms with van der Waals surface area (Å²) in [6.45, 7) is 4.09. The summed E-state index contributed by atoms with van der Waals surface area (Å²) < 4.78 is 7.35. The molecule has 0 saturated carbocycles. The van der Waals surface area contributed by atoms with Gasteiger partial charge < -0.3 is 4.74 Å². The highest BCUT2D eigenvalue weighted by molar-refractivity contribution is 8.00. The van der Waals surface area contributed by atoms with Crippen LogP contribution in [-0.4, -0.2) is 34.3 Å². The Hall–Kier alpha value is -4.88. The number of hydrogen-bond acceptors (Lipinski definition) is 5. The number of hydrogen-bond donors (Lipinski definition) is 0. The Morgan fingerprint density at radius 2 is 1.55 bits per heavy atom. The van der Waals surface area contributed by atoms with Crippen LogP contribution in [0.25, 0.3) is 23.0 Å². The van der Waals surface area contributed by atoms with Gasteiger partial charge in [-0.3, -0.25) is 4.79 Å². The number of benzene rings is 4. The highest BCUT2D eigenvalue weighted by atomic mass is 32.2. The molecule has 0 bridgehead atoms. The fourth-order valence-corrected chi connectivity index (χ4v) is 5.70. The SMILES string of the molecule is COc1ccc(-c2nn(-c3ccccc3)cc2/C=C2\C(=O)N(c3ccccc3)N=C2CSc2ccc(C)cc2)cc1C. The van der Waals surface area contributed by atoms with E-state index in [4.69, 9.17) is 14.9 Å². The van der Waals surface area contributed by atoms with Crippen LogP contribution < -0.4 is 9.75 Å². The van der Waals surface area contributed by atoms with E-state index in [2.05, 4.69) is 37.3 Å². The van der Waals surface area contributed by atoms with Crippen molar-refractivity contribution in [3.63, 3.8) is 0 Å². The molecule has 1 amide bonds. The van der Waals surface area contributed by atoms with E-state index < -0.39 is 0 Å².